The second kappa shape index (κ2) is 10.2. The average molecular weight is 458 g/mol. The fraction of sp³-hybridized carbons (Fsp3) is 0.222. The van der Waals surface area contributed by atoms with Gasteiger partial charge in [-0.3, -0.25) is 9.79 Å². The lowest BCUT2D eigenvalue weighted by Crippen LogP contribution is -2.37. The molecular formula is C27H27N3O4. The van der Waals surface area contributed by atoms with E-state index in [0.717, 1.165) is 17.0 Å². The lowest BCUT2D eigenvalue weighted by Gasteiger charge is -2.22. The Kier molecular flexibility index (Phi) is 6.92. The number of methoxy groups -OCH3 is 3. The van der Waals surface area contributed by atoms with Crippen molar-refractivity contribution in [1.82, 2.24) is 5.32 Å². The number of hydrogen-bond donors (Lipinski definition) is 1. The van der Waals surface area contributed by atoms with Crippen LogP contribution in [-0.4, -0.2) is 38.8 Å². The number of rotatable bonds is 6. The summed E-state index contributed by atoms with van der Waals surface area (Å²) in [5.74, 6) is 1.65. The van der Waals surface area contributed by atoms with Crippen molar-refractivity contribution in [3.63, 3.8) is 0 Å². The van der Waals surface area contributed by atoms with Crippen LogP contribution in [0.15, 0.2) is 76.7 Å². The van der Waals surface area contributed by atoms with E-state index in [4.69, 9.17) is 24.2 Å². The Balaban J connectivity index is 1.83. The number of carbonyl (C=O) groups is 1. The molecule has 7 heteroatoms. The van der Waals surface area contributed by atoms with E-state index in [1.165, 1.54) is 0 Å². The Morgan fingerprint density at radius 3 is 2.26 bits per heavy atom. The summed E-state index contributed by atoms with van der Waals surface area (Å²) in [6.07, 6.45) is 0.668. The van der Waals surface area contributed by atoms with Gasteiger partial charge in [0.1, 0.15) is 11.6 Å². The lowest BCUT2D eigenvalue weighted by molar-refractivity contribution is 0.0976. The molecule has 0 saturated carbocycles. The van der Waals surface area contributed by atoms with Crippen LogP contribution in [0.2, 0.25) is 0 Å². The second-order valence-electron chi connectivity index (χ2n) is 7.68. The minimum Gasteiger partial charge on any atom is -0.497 e. The first kappa shape index (κ1) is 23.0. The summed E-state index contributed by atoms with van der Waals surface area (Å²) in [6, 6.07) is 20.3. The Morgan fingerprint density at radius 1 is 0.853 bits per heavy atom. The fourth-order valence-corrected chi connectivity index (χ4v) is 3.94. The monoisotopic (exact) mass is 457 g/mol. The van der Waals surface area contributed by atoms with Crippen LogP contribution in [0.1, 0.15) is 35.2 Å². The molecule has 1 N–H and O–H groups in total. The van der Waals surface area contributed by atoms with Gasteiger partial charge in [-0.2, -0.15) is 0 Å². The summed E-state index contributed by atoms with van der Waals surface area (Å²) in [7, 11) is 4.76. The van der Waals surface area contributed by atoms with Crippen molar-refractivity contribution in [2.24, 2.45) is 9.98 Å². The molecule has 0 aliphatic carbocycles. The van der Waals surface area contributed by atoms with Crippen molar-refractivity contribution >= 4 is 28.8 Å². The van der Waals surface area contributed by atoms with Gasteiger partial charge >= 0.3 is 0 Å². The van der Waals surface area contributed by atoms with E-state index >= 15 is 0 Å². The predicted molar refractivity (Wildman–Crippen MR) is 134 cm³/mol. The predicted octanol–water partition coefficient (Wildman–Crippen LogP) is 5.45. The van der Waals surface area contributed by atoms with E-state index in [0.29, 0.717) is 40.8 Å². The number of benzene rings is 3. The topological polar surface area (TPSA) is 81.5 Å². The highest BCUT2D eigenvalue weighted by Crippen LogP contribution is 2.37. The minimum absolute atomic E-state index is 0.280. The smallest absolute Gasteiger partial charge is 0.256 e. The standard InChI is InChI=1S/C27H27N3O4/c1-5-20-25(17-13-14-23(33-3)24(16-17)34-4)26(29-22-12-7-6-11-21(22)28-20)30-27(31)18-9-8-10-19(15-18)32-2/h6-16,25H,5H2,1-4H3,(H,29,30,31). The molecule has 174 valence electrons. The molecule has 0 fully saturated rings. The van der Waals surface area contributed by atoms with E-state index in [1.807, 2.05) is 49.4 Å². The molecule has 1 aliphatic heterocycles. The van der Waals surface area contributed by atoms with Crippen LogP contribution in [0.3, 0.4) is 0 Å². The van der Waals surface area contributed by atoms with Crippen molar-refractivity contribution in [2.75, 3.05) is 21.3 Å². The van der Waals surface area contributed by atoms with Gasteiger partial charge < -0.3 is 19.5 Å². The quantitative estimate of drug-likeness (QED) is 0.533. The van der Waals surface area contributed by atoms with E-state index in [1.54, 1.807) is 45.6 Å². The number of ether oxygens (including phenoxy) is 3. The first-order chi connectivity index (χ1) is 16.6. The average Bonchev–Trinajstić information content (AvgIpc) is 3.04. The van der Waals surface area contributed by atoms with Gasteiger partial charge in [-0.25, -0.2) is 4.99 Å². The summed E-state index contributed by atoms with van der Waals surface area (Å²) >= 11 is 0. The molecule has 34 heavy (non-hydrogen) atoms. The Labute approximate surface area is 199 Å². The van der Waals surface area contributed by atoms with Gasteiger partial charge in [-0.05, 0) is 54.4 Å². The van der Waals surface area contributed by atoms with Crippen molar-refractivity contribution in [3.8, 4) is 17.2 Å². The van der Waals surface area contributed by atoms with E-state index in [-0.39, 0.29) is 11.8 Å². The maximum Gasteiger partial charge on any atom is 0.256 e. The van der Waals surface area contributed by atoms with Crippen LogP contribution in [0.5, 0.6) is 17.2 Å². The molecule has 0 saturated heterocycles. The van der Waals surface area contributed by atoms with Crippen LogP contribution in [0, 0.1) is 0 Å². The summed E-state index contributed by atoms with van der Waals surface area (Å²) in [6.45, 7) is 2.04. The summed E-state index contributed by atoms with van der Waals surface area (Å²) in [5, 5.41) is 3.05. The molecule has 1 aliphatic rings. The van der Waals surface area contributed by atoms with Crippen LogP contribution in [0.4, 0.5) is 11.4 Å². The largest absolute Gasteiger partial charge is 0.497 e. The van der Waals surface area contributed by atoms with Gasteiger partial charge in [0.25, 0.3) is 5.91 Å². The summed E-state index contributed by atoms with van der Waals surface area (Å²) < 4.78 is 16.2. The molecule has 0 aromatic heterocycles. The molecular weight excluding hydrogens is 430 g/mol. The molecule has 1 heterocycles. The first-order valence-corrected chi connectivity index (χ1v) is 11.0. The number of carbonyl (C=O) groups excluding carboxylic acids is 1. The molecule has 7 nitrogen and oxygen atoms in total. The number of para-hydroxylation sites is 2. The van der Waals surface area contributed by atoms with Gasteiger partial charge in [0, 0.05) is 11.3 Å². The number of amides is 1. The maximum atomic E-state index is 13.3. The van der Waals surface area contributed by atoms with Crippen LogP contribution < -0.4 is 19.5 Å². The highest BCUT2D eigenvalue weighted by atomic mass is 16.5. The van der Waals surface area contributed by atoms with Gasteiger partial charge in [0.05, 0.1) is 38.6 Å². The van der Waals surface area contributed by atoms with Gasteiger partial charge in [-0.15, -0.1) is 0 Å². The molecule has 4 rings (SSSR count). The van der Waals surface area contributed by atoms with Crippen LogP contribution in [-0.2, 0) is 0 Å². The molecule has 3 aromatic rings. The summed E-state index contributed by atoms with van der Waals surface area (Å²) in [5.41, 5.74) is 3.69. The van der Waals surface area contributed by atoms with Crippen LogP contribution >= 0.6 is 0 Å². The zero-order chi connectivity index (χ0) is 24.1. The third-order valence-corrected chi connectivity index (χ3v) is 5.67. The Hall–Kier alpha value is -4.13. The van der Waals surface area contributed by atoms with E-state index < -0.39 is 0 Å². The van der Waals surface area contributed by atoms with Gasteiger partial charge in [0.15, 0.2) is 11.5 Å². The molecule has 0 spiro atoms. The van der Waals surface area contributed by atoms with Crippen molar-refractivity contribution < 1.29 is 19.0 Å². The first-order valence-electron chi connectivity index (χ1n) is 11.0. The van der Waals surface area contributed by atoms with Gasteiger partial charge in [0.2, 0.25) is 0 Å². The van der Waals surface area contributed by atoms with Gasteiger partial charge in [-0.1, -0.05) is 31.2 Å². The number of aliphatic imine (C=N–C) groups is 2. The molecule has 1 unspecified atom stereocenters. The number of nitrogens with zero attached hydrogens (tertiary/aromatic N) is 2. The molecule has 1 atom stereocenters. The zero-order valence-corrected chi connectivity index (χ0v) is 19.7. The minimum atomic E-state index is -0.383. The third-order valence-electron chi connectivity index (χ3n) is 5.67. The number of fused-ring (bicyclic) bond motifs is 1. The number of nitrogens with one attached hydrogen (secondary N) is 1. The fourth-order valence-electron chi connectivity index (χ4n) is 3.94. The van der Waals surface area contributed by atoms with Crippen molar-refractivity contribution in [1.29, 1.82) is 0 Å². The SMILES string of the molecule is CCC1=Nc2ccccc2N=C(NC(=O)c2cccc(OC)c2)C1c1ccc(OC)c(OC)c1. The van der Waals surface area contributed by atoms with E-state index in [9.17, 15) is 4.79 Å². The normalized spacial score (nSPS) is 14.8. The van der Waals surface area contributed by atoms with Crippen LogP contribution in [0.25, 0.3) is 0 Å². The lowest BCUT2D eigenvalue weighted by atomic mass is 9.90. The highest BCUT2D eigenvalue weighted by molar-refractivity contribution is 6.19. The molecule has 1 amide bonds. The maximum absolute atomic E-state index is 13.3. The second-order valence-corrected chi connectivity index (χ2v) is 7.68. The highest BCUT2D eigenvalue weighted by Gasteiger charge is 2.29. The number of hydrogen-bond acceptors (Lipinski definition) is 6. The number of amidine groups is 1. The summed E-state index contributed by atoms with van der Waals surface area (Å²) in [4.78, 5) is 23.1. The zero-order valence-electron chi connectivity index (χ0n) is 19.7. The third kappa shape index (κ3) is 4.64. The Morgan fingerprint density at radius 2 is 1.59 bits per heavy atom. The molecule has 0 radical (unpaired) electrons. The molecule has 3 aromatic carbocycles. The van der Waals surface area contributed by atoms with E-state index in [2.05, 4.69) is 5.32 Å². The van der Waals surface area contributed by atoms with Crippen molar-refractivity contribution in [2.45, 2.75) is 19.3 Å². The Bertz CT molecular complexity index is 1270. The molecule has 0 bridgehead atoms. The van der Waals surface area contributed by atoms with Crippen molar-refractivity contribution in [3.05, 3.63) is 77.9 Å².